The Morgan fingerprint density at radius 2 is 0.981 bits per heavy atom. The number of carbonyl (C=O) groups is 14. The summed E-state index contributed by atoms with van der Waals surface area (Å²) in [6.45, 7) is 2.23. The Morgan fingerprint density at radius 3 is 1.53 bits per heavy atom. The van der Waals surface area contributed by atoms with Crippen molar-refractivity contribution >= 4 is 106 Å². The average Bonchev–Trinajstić information content (AvgIpc) is 1.64. The Labute approximate surface area is 606 Å². The van der Waals surface area contributed by atoms with Crippen molar-refractivity contribution in [2.75, 3.05) is 57.3 Å². The van der Waals surface area contributed by atoms with Gasteiger partial charge in [0.15, 0.2) is 11.9 Å². The van der Waals surface area contributed by atoms with Crippen molar-refractivity contribution in [1.82, 2.24) is 63.4 Å². The van der Waals surface area contributed by atoms with Gasteiger partial charge in [-0.15, -0.1) is 11.8 Å². The molecule has 2 saturated heterocycles. The number of hydrogen-bond acceptors (Lipinski definition) is 20. The molecule has 0 radical (unpaired) electrons. The van der Waals surface area contributed by atoms with E-state index in [9.17, 15) is 67.7 Å². The van der Waals surface area contributed by atoms with Gasteiger partial charge in [0, 0.05) is 38.2 Å². The minimum Gasteiger partial charge on any atom is -0.508 e. The van der Waals surface area contributed by atoms with Gasteiger partial charge in [-0.3, -0.25) is 77.1 Å². The summed E-state index contributed by atoms with van der Waals surface area (Å²) in [5, 5.41) is 48.2. The number of nitrogens with one attached hydrogen (secondary N) is 11. The third-order valence-electron chi connectivity index (χ3n) is 16.5. The number of carboxylic acid groups (broad SMARTS) is 1. The van der Waals surface area contributed by atoms with Crippen molar-refractivity contribution in [3.63, 3.8) is 0 Å². The van der Waals surface area contributed by atoms with Gasteiger partial charge in [0.05, 0.1) is 25.3 Å². The highest BCUT2D eigenvalue weighted by molar-refractivity contribution is 8.00. The second kappa shape index (κ2) is 45.6. The van der Waals surface area contributed by atoms with Crippen LogP contribution < -0.4 is 98.6 Å². The summed E-state index contributed by atoms with van der Waals surface area (Å²) in [5.74, 6) is -15.1. The summed E-state index contributed by atoms with van der Waals surface area (Å²) in [5.41, 5.74) is 40.6. The molecule has 0 spiro atoms. The van der Waals surface area contributed by atoms with Gasteiger partial charge in [-0.2, -0.15) is 0 Å². The van der Waals surface area contributed by atoms with Crippen LogP contribution in [-0.2, 0) is 80.0 Å². The normalized spacial score (nSPS) is 23.3. The molecule has 0 unspecified atom stereocenters. The van der Waals surface area contributed by atoms with Crippen molar-refractivity contribution in [1.29, 1.82) is 0 Å². The molecule has 0 aromatic heterocycles. The van der Waals surface area contributed by atoms with Crippen LogP contribution in [0.15, 0.2) is 64.6 Å². The first kappa shape index (κ1) is 86.0. The molecular weight excluding hydrogens is 1370 g/mol. The van der Waals surface area contributed by atoms with Crippen molar-refractivity contribution in [3.05, 3.63) is 65.7 Å². The number of rotatable bonds is 25. The van der Waals surface area contributed by atoms with Gasteiger partial charge in [-0.25, -0.2) is 0 Å². The Bertz CT molecular complexity index is 3310. The Hall–Kier alpha value is -10.4. The van der Waals surface area contributed by atoms with Crippen molar-refractivity contribution in [2.24, 2.45) is 56.0 Å². The van der Waals surface area contributed by atoms with E-state index in [1.54, 1.807) is 44.2 Å². The summed E-state index contributed by atoms with van der Waals surface area (Å²) in [7, 11) is 0. The second-order valence-corrected chi connectivity index (χ2v) is 26.6. The Morgan fingerprint density at radius 1 is 0.519 bits per heavy atom. The summed E-state index contributed by atoms with van der Waals surface area (Å²) in [6, 6.07) is -0.431. The number of benzene rings is 2. The number of aliphatic imine (C=N–C) groups is 2. The number of guanidine groups is 2. The molecule has 2 fully saturated rings. The molecule has 13 amide bonds. The number of primary amides is 1. The lowest BCUT2D eigenvalue weighted by Gasteiger charge is -2.31. The van der Waals surface area contributed by atoms with E-state index in [0.717, 1.165) is 11.8 Å². The average molecular weight is 1480 g/mol. The van der Waals surface area contributed by atoms with Gasteiger partial charge in [0.1, 0.15) is 66.2 Å². The lowest BCUT2D eigenvalue weighted by molar-refractivity contribution is -0.143. The molecule has 574 valence electrons. The number of nitrogens with zero attached hydrogens (tertiary/aromatic N) is 3. The second-order valence-electron chi connectivity index (χ2n) is 25.5. The summed E-state index contributed by atoms with van der Waals surface area (Å²) in [6.07, 6.45) is -0.211. The maximum Gasteiger partial charge on any atom is 0.305 e. The van der Waals surface area contributed by atoms with Gasteiger partial charge >= 0.3 is 5.97 Å². The topological polar surface area (TPSA) is 622 Å². The van der Waals surface area contributed by atoms with Crippen molar-refractivity contribution < 1.29 is 77.3 Å². The maximum absolute atomic E-state index is 15.1. The predicted molar refractivity (Wildman–Crippen MR) is 384 cm³/mol. The monoisotopic (exact) mass is 1480 g/mol. The molecule has 104 heavy (non-hydrogen) atoms. The molecule has 10 atom stereocenters. The van der Waals surface area contributed by atoms with E-state index in [1.807, 2.05) is 0 Å². The van der Waals surface area contributed by atoms with Gasteiger partial charge in [0.2, 0.25) is 76.8 Å². The first-order valence-electron chi connectivity index (χ1n) is 34.5. The fourth-order valence-electron chi connectivity index (χ4n) is 11.2. The van der Waals surface area contributed by atoms with Crippen LogP contribution in [0.2, 0.25) is 0 Å². The zero-order valence-corrected chi connectivity index (χ0v) is 59.4. The van der Waals surface area contributed by atoms with E-state index >= 15 is 9.59 Å². The van der Waals surface area contributed by atoms with Gasteiger partial charge in [-0.05, 0) is 126 Å². The summed E-state index contributed by atoms with van der Waals surface area (Å²) < 4.78 is 0. The van der Waals surface area contributed by atoms with Crippen LogP contribution >= 0.6 is 11.8 Å². The molecule has 2 heterocycles. The van der Waals surface area contributed by atoms with E-state index in [0.29, 0.717) is 30.4 Å². The number of carbonyl (C=O) groups excluding carboxylic acids is 13. The van der Waals surface area contributed by atoms with Crippen molar-refractivity contribution in [3.8, 4) is 5.75 Å². The molecule has 2 aromatic carbocycles. The number of phenols is 1. The largest absolute Gasteiger partial charge is 0.508 e. The van der Waals surface area contributed by atoms with E-state index < -0.39 is 168 Å². The summed E-state index contributed by atoms with van der Waals surface area (Å²) in [4.78, 5) is 205. The van der Waals surface area contributed by atoms with E-state index in [2.05, 4.69) is 68.5 Å². The minimum atomic E-state index is -1.91. The van der Waals surface area contributed by atoms with Crippen LogP contribution in [0.3, 0.4) is 0 Å². The van der Waals surface area contributed by atoms with Crippen LogP contribution in [0, 0.1) is 5.92 Å². The fourth-order valence-corrected chi connectivity index (χ4v) is 12.0. The number of aliphatic carboxylic acids is 1. The standard InChI is InChI=1S/C66H103N21O16S/c1-37(2)29-45-59(98)81-42(15-6-8-24-67)57(96)85-47(30-38-13-4-3-5-14-38)61(100)83-44(18-11-27-75-66(72)73)64(103)87-28-12-19-50(87)63(102)82-43(16-7-9-25-68)58(97)86-48(32-54(92)93)62(101)80-41(17-10-26-74-65(70)71)56(95)77-33-51(89)76-34-52(90)79-49(55(69)94)35-104-36-53(91)78-46(60(99)84-45)31-39-20-22-40(88)23-21-39/h3-5,13-14,20-23,37,41-50,88H,6-12,15-19,24-36,67-68H2,1-2H3,(H2,69,94)(H,76,89)(H,77,95)(H,78,91)(H,79,90)(H,80,101)(H,81,98)(H,82,102)(H,83,100)(H,84,99)(H,85,96)(H,86,97)(H,92,93)(H4,70,71,74)(H4,72,73,75)/t41-,42-,43-,44-,45-,46-,47-,48-,49-,50-/m0/s1. The van der Waals surface area contributed by atoms with E-state index in [1.165, 1.54) is 29.2 Å². The summed E-state index contributed by atoms with van der Waals surface area (Å²) >= 11 is 0.823. The number of amides is 13. The Balaban J connectivity index is 1.83. The number of nitrogens with two attached hydrogens (primary N) is 7. The van der Waals surface area contributed by atoms with Crippen LogP contribution in [0.5, 0.6) is 5.75 Å². The number of aromatic hydroxyl groups is 1. The van der Waals surface area contributed by atoms with Gasteiger partial charge in [-0.1, -0.05) is 56.3 Å². The number of fused-ring (bicyclic) bond motifs is 1. The van der Waals surface area contributed by atoms with Crippen LogP contribution in [0.1, 0.15) is 115 Å². The molecule has 2 aliphatic rings. The molecule has 2 aromatic rings. The zero-order valence-electron chi connectivity index (χ0n) is 58.6. The fraction of sp³-hybridized carbons (Fsp3) is 0.576. The Kier molecular flexibility index (Phi) is 37.7. The first-order chi connectivity index (χ1) is 49.5. The van der Waals surface area contributed by atoms with Gasteiger partial charge < -0.3 is 114 Å². The molecular formula is C66H103N21O16S. The molecule has 38 heteroatoms. The minimum absolute atomic E-state index is 0.00571. The number of hydrogen-bond donors (Lipinski definition) is 20. The zero-order chi connectivity index (χ0) is 76.8. The highest BCUT2D eigenvalue weighted by Gasteiger charge is 2.41. The van der Waals surface area contributed by atoms with Crippen LogP contribution in [-0.4, -0.2) is 228 Å². The molecule has 4 rings (SSSR count). The van der Waals surface area contributed by atoms with Crippen LogP contribution in [0.25, 0.3) is 0 Å². The number of phenolic OH excluding ortho intramolecular Hbond substituents is 1. The predicted octanol–water partition coefficient (Wildman–Crippen LogP) is -6.12. The molecule has 2 aliphatic heterocycles. The lowest BCUT2D eigenvalue weighted by atomic mass is 9.99. The third kappa shape index (κ3) is 31.9. The molecule has 0 bridgehead atoms. The smallest absolute Gasteiger partial charge is 0.305 e. The van der Waals surface area contributed by atoms with E-state index in [4.69, 9.17) is 40.1 Å². The molecule has 27 N–H and O–H groups in total. The highest BCUT2D eigenvalue weighted by atomic mass is 32.2. The first-order valence-corrected chi connectivity index (χ1v) is 35.6. The molecule has 0 saturated carbocycles. The molecule has 37 nitrogen and oxygen atoms in total. The van der Waals surface area contributed by atoms with E-state index in [-0.39, 0.29) is 139 Å². The molecule has 0 aliphatic carbocycles. The van der Waals surface area contributed by atoms with Gasteiger partial charge in [0.25, 0.3) is 0 Å². The SMILES string of the molecule is CC(C)C[C@@H]1NC(=O)[C@H](Cc2ccc(O)cc2)NC(=O)CSC[C@@H](C(N)=O)NC(=O)CNC(=O)CNC(=O)[C@H](CCCN=C(N)N)NC(=O)[C@H](CC(=O)O)NC(=O)[C@H](CCCCN)NC(=O)[C@@H]2CCCN2C(=O)[C@H](CCCN=C(N)N)NC(=O)[C@H](Cc2ccccc2)NC(=O)[C@H](CCCCN)NC1=O. The number of unbranched alkanes of at least 4 members (excludes halogenated alkanes) is 2. The number of carboxylic acids is 1. The van der Waals surface area contributed by atoms with Crippen LogP contribution in [0.4, 0.5) is 0 Å². The maximum atomic E-state index is 15.1. The quantitative estimate of drug-likeness (QED) is 0.0250. The van der Waals surface area contributed by atoms with Crippen molar-refractivity contribution in [2.45, 2.75) is 177 Å². The number of thioether (sulfide) groups is 1. The third-order valence-corrected chi connectivity index (χ3v) is 17.5. The highest BCUT2D eigenvalue weighted by Crippen LogP contribution is 2.22. The lowest BCUT2D eigenvalue weighted by Crippen LogP contribution is -2.60.